The van der Waals surface area contributed by atoms with Gasteiger partial charge in [-0.3, -0.25) is 9.69 Å². The second-order valence-corrected chi connectivity index (χ2v) is 5.08. The monoisotopic (exact) mass is 212 g/mol. The van der Waals surface area contributed by atoms with E-state index in [0.717, 1.165) is 26.2 Å². The number of ketones is 1. The highest BCUT2D eigenvalue weighted by molar-refractivity contribution is 5.83. The zero-order chi connectivity index (χ0) is 11.4. The van der Waals surface area contributed by atoms with E-state index in [4.69, 9.17) is 0 Å². The highest BCUT2D eigenvalue weighted by Gasteiger charge is 2.24. The number of carbonyl (C=O) groups excluding carboxylic acids is 1. The molecule has 0 N–H and O–H groups in total. The SMILES string of the molecule is CC(C)CC(=O)[C@@H](C)N1CCN(C)CC1. The number of nitrogens with zero attached hydrogens (tertiary/aromatic N) is 2. The molecule has 1 aliphatic rings. The number of hydrogen-bond donors (Lipinski definition) is 0. The van der Waals surface area contributed by atoms with Crippen molar-refractivity contribution in [3.63, 3.8) is 0 Å². The number of likely N-dealkylation sites (N-methyl/N-ethyl adjacent to an activating group) is 1. The Balaban J connectivity index is 2.39. The van der Waals surface area contributed by atoms with E-state index in [1.807, 2.05) is 0 Å². The van der Waals surface area contributed by atoms with Crippen molar-refractivity contribution < 1.29 is 4.79 Å². The average molecular weight is 212 g/mol. The van der Waals surface area contributed by atoms with Crippen LogP contribution >= 0.6 is 0 Å². The molecule has 1 rings (SSSR count). The second kappa shape index (κ2) is 5.61. The first-order valence-corrected chi connectivity index (χ1v) is 5.96. The predicted octanol–water partition coefficient (Wildman–Crippen LogP) is 1.24. The molecule has 0 unspecified atom stereocenters. The molecule has 0 aromatic rings. The summed E-state index contributed by atoms with van der Waals surface area (Å²) in [7, 11) is 2.14. The fraction of sp³-hybridized carbons (Fsp3) is 0.917. The highest BCUT2D eigenvalue weighted by atomic mass is 16.1. The topological polar surface area (TPSA) is 23.6 Å². The second-order valence-electron chi connectivity index (χ2n) is 5.08. The van der Waals surface area contributed by atoms with Gasteiger partial charge in [0.15, 0.2) is 0 Å². The van der Waals surface area contributed by atoms with Crippen LogP contribution < -0.4 is 0 Å². The summed E-state index contributed by atoms with van der Waals surface area (Å²) in [4.78, 5) is 16.5. The predicted molar refractivity (Wildman–Crippen MR) is 63.0 cm³/mol. The van der Waals surface area contributed by atoms with Crippen LogP contribution in [0.25, 0.3) is 0 Å². The molecule has 88 valence electrons. The smallest absolute Gasteiger partial charge is 0.149 e. The molecule has 1 fully saturated rings. The largest absolute Gasteiger partial charge is 0.304 e. The molecule has 0 aromatic carbocycles. The maximum absolute atomic E-state index is 11.9. The van der Waals surface area contributed by atoms with Crippen LogP contribution in [0.2, 0.25) is 0 Å². The summed E-state index contributed by atoms with van der Waals surface area (Å²) >= 11 is 0. The summed E-state index contributed by atoms with van der Waals surface area (Å²) in [5, 5.41) is 0. The van der Waals surface area contributed by atoms with E-state index in [9.17, 15) is 4.79 Å². The standard InChI is InChI=1S/C12H24N2O/c1-10(2)9-12(15)11(3)14-7-5-13(4)6-8-14/h10-11H,5-9H2,1-4H3/t11-/m1/s1. The van der Waals surface area contributed by atoms with Crippen molar-refractivity contribution >= 4 is 5.78 Å². The number of rotatable bonds is 4. The molecule has 15 heavy (non-hydrogen) atoms. The van der Waals surface area contributed by atoms with E-state index in [1.54, 1.807) is 0 Å². The van der Waals surface area contributed by atoms with Crippen molar-refractivity contribution in [3.8, 4) is 0 Å². The zero-order valence-electron chi connectivity index (χ0n) is 10.5. The van der Waals surface area contributed by atoms with Crippen LogP contribution in [0.4, 0.5) is 0 Å². The Morgan fingerprint density at radius 2 is 1.67 bits per heavy atom. The van der Waals surface area contributed by atoms with Gasteiger partial charge in [-0.05, 0) is 19.9 Å². The van der Waals surface area contributed by atoms with E-state index in [2.05, 4.69) is 37.6 Å². The first-order chi connectivity index (χ1) is 7.00. The van der Waals surface area contributed by atoms with E-state index in [1.165, 1.54) is 0 Å². The minimum atomic E-state index is 0.112. The maximum Gasteiger partial charge on any atom is 0.149 e. The molecular weight excluding hydrogens is 188 g/mol. The highest BCUT2D eigenvalue weighted by Crippen LogP contribution is 2.10. The first-order valence-electron chi connectivity index (χ1n) is 5.96. The van der Waals surface area contributed by atoms with Crippen molar-refractivity contribution in [3.05, 3.63) is 0 Å². The Kier molecular flexibility index (Phi) is 4.74. The normalized spacial score (nSPS) is 21.9. The number of carbonyl (C=O) groups is 1. The first kappa shape index (κ1) is 12.7. The van der Waals surface area contributed by atoms with Gasteiger partial charge in [-0.25, -0.2) is 0 Å². The van der Waals surface area contributed by atoms with Crippen molar-refractivity contribution in [2.75, 3.05) is 33.2 Å². The molecule has 1 heterocycles. The van der Waals surface area contributed by atoms with Crippen molar-refractivity contribution in [2.45, 2.75) is 33.2 Å². The summed E-state index contributed by atoms with van der Waals surface area (Å²) in [5.41, 5.74) is 0. The van der Waals surface area contributed by atoms with Gasteiger partial charge in [0.05, 0.1) is 6.04 Å². The van der Waals surface area contributed by atoms with Gasteiger partial charge < -0.3 is 4.90 Å². The molecular formula is C12H24N2O. The van der Waals surface area contributed by atoms with Crippen LogP contribution in [0.5, 0.6) is 0 Å². The van der Waals surface area contributed by atoms with Crippen molar-refractivity contribution in [2.24, 2.45) is 5.92 Å². The summed E-state index contributed by atoms with van der Waals surface area (Å²) in [6, 6.07) is 0.112. The molecule has 0 bridgehead atoms. The van der Waals surface area contributed by atoms with Crippen molar-refractivity contribution in [1.29, 1.82) is 0 Å². The van der Waals surface area contributed by atoms with Gasteiger partial charge in [-0.15, -0.1) is 0 Å². The van der Waals surface area contributed by atoms with E-state index in [0.29, 0.717) is 18.1 Å². The molecule has 3 nitrogen and oxygen atoms in total. The summed E-state index contributed by atoms with van der Waals surface area (Å²) in [6.07, 6.45) is 0.716. The molecule has 3 heteroatoms. The molecule has 0 aromatic heterocycles. The Hall–Kier alpha value is -0.410. The lowest BCUT2D eigenvalue weighted by Gasteiger charge is -2.35. The molecule has 1 aliphatic heterocycles. The Bertz CT molecular complexity index is 208. The van der Waals surface area contributed by atoms with Crippen LogP contribution in [0.1, 0.15) is 27.2 Å². The lowest BCUT2D eigenvalue weighted by Crippen LogP contribution is -2.50. The Morgan fingerprint density at radius 1 is 1.13 bits per heavy atom. The van der Waals surface area contributed by atoms with Gasteiger partial charge in [-0.2, -0.15) is 0 Å². The van der Waals surface area contributed by atoms with Crippen LogP contribution in [-0.2, 0) is 4.79 Å². The van der Waals surface area contributed by atoms with Crippen LogP contribution in [0.3, 0.4) is 0 Å². The zero-order valence-corrected chi connectivity index (χ0v) is 10.5. The van der Waals surface area contributed by atoms with Gasteiger partial charge in [0.2, 0.25) is 0 Å². The average Bonchev–Trinajstić information content (AvgIpc) is 2.17. The van der Waals surface area contributed by atoms with Crippen molar-refractivity contribution in [1.82, 2.24) is 9.80 Å². The molecule has 0 amide bonds. The Labute approximate surface area is 93.4 Å². The number of piperazine rings is 1. The van der Waals surface area contributed by atoms with Gasteiger partial charge in [-0.1, -0.05) is 13.8 Å². The minimum absolute atomic E-state index is 0.112. The van der Waals surface area contributed by atoms with Gasteiger partial charge in [0.1, 0.15) is 5.78 Å². The molecule has 0 spiro atoms. The fourth-order valence-electron chi connectivity index (χ4n) is 1.99. The summed E-state index contributed by atoms with van der Waals surface area (Å²) in [5.74, 6) is 0.877. The molecule has 0 saturated carbocycles. The van der Waals surface area contributed by atoms with Crippen LogP contribution in [0, 0.1) is 5.92 Å². The van der Waals surface area contributed by atoms with Gasteiger partial charge in [0.25, 0.3) is 0 Å². The number of hydrogen-bond acceptors (Lipinski definition) is 3. The van der Waals surface area contributed by atoms with Gasteiger partial charge in [0, 0.05) is 32.6 Å². The van der Waals surface area contributed by atoms with Crippen LogP contribution in [0.15, 0.2) is 0 Å². The Morgan fingerprint density at radius 3 is 2.13 bits per heavy atom. The van der Waals surface area contributed by atoms with E-state index >= 15 is 0 Å². The van der Waals surface area contributed by atoms with E-state index in [-0.39, 0.29) is 6.04 Å². The summed E-state index contributed by atoms with van der Waals surface area (Å²) < 4.78 is 0. The fourth-order valence-corrected chi connectivity index (χ4v) is 1.99. The summed E-state index contributed by atoms with van der Waals surface area (Å²) in [6.45, 7) is 10.5. The molecule has 0 aliphatic carbocycles. The lowest BCUT2D eigenvalue weighted by atomic mass is 10.0. The van der Waals surface area contributed by atoms with E-state index < -0.39 is 0 Å². The minimum Gasteiger partial charge on any atom is -0.304 e. The van der Waals surface area contributed by atoms with Gasteiger partial charge >= 0.3 is 0 Å². The molecule has 0 radical (unpaired) electrons. The molecule has 1 atom stereocenters. The third-order valence-electron chi connectivity index (χ3n) is 3.16. The maximum atomic E-state index is 11.9. The molecule has 1 saturated heterocycles. The number of Topliss-reactive ketones (excluding diaryl/α,β-unsaturated/α-hetero) is 1. The lowest BCUT2D eigenvalue weighted by molar-refractivity contribution is -0.125. The van der Waals surface area contributed by atoms with Crippen LogP contribution in [-0.4, -0.2) is 54.9 Å². The third-order valence-corrected chi connectivity index (χ3v) is 3.16. The quantitative estimate of drug-likeness (QED) is 0.700. The third kappa shape index (κ3) is 3.92.